The van der Waals surface area contributed by atoms with Gasteiger partial charge in [0.05, 0.1) is 6.61 Å². The first kappa shape index (κ1) is 23.9. The number of nitrogens with one attached hydrogen (secondary N) is 2. The predicted octanol–water partition coefficient (Wildman–Crippen LogP) is 4.55. The lowest BCUT2D eigenvalue weighted by atomic mass is 10.1. The lowest BCUT2D eigenvalue weighted by Gasteiger charge is -2.18. The average molecular weight is 447 g/mol. The largest absolute Gasteiger partial charge is 0.489 e. The molecule has 0 aliphatic rings. The molecule has 0 aliphatic carbocycles. The summed E-state index contributed by atoms with van der Waals surface area (Å²) in [4.78, 5) is 25.0. The first-order valence-corrected chi connectivity index (χ1v) is 11.1. The third kappa shape index (κ3) is 8.00. The van der Waals surface area contributed by atoms with Gasteiger partial charge >= 0.3 is 12.0 Å². The molecule has 2 amide bonds. The molecule has 33 heavy (non-hydrogen) atoms. The van der Waals surface area contributed by atoms with Crippen LogP contribution in [-0.4, -0.2) is 24.6 Å². The highest BCUT2D eigenvalue weighted by Gasteiger charge is 2.22. The molecule has 2 N–H and O–H groups in total. The summed E-state index contributed by atoms with van der Waals surface area (Å²) in [5.41, 5.74) is 4.06. The lowest BCUT2D eigenvalue weighted by Crippen LogP contribution is -2.47. The van der Waals surface area contributed by atoms with Gasteiger partial charge in [-0.25, -0.2) is 9.59 Å². The van der Waals surface area contributed by atoms with Crippen LogP contribution in [0.5, 0.6) is 5.75 Å². The van der Waals surface area contributed by atoms with E-state index in [-0.39, 0.29) is 6.61 Å². The molecule has 0 saturated heterocycles. The molecule has 0 bridgehead atoms. The molecule has 0 saturated carbocycles. The van der Waals surface area contributed by atoms with Crippen molar-refractivity contribution in [3.63, 3.8) is 0 Å². The number of benzene rings is 3. The van der Waals surface area contributed by atoms with Crippen molar-refractivity contribution in [3.05, 3.63) is 101 Å². The van der Waals surface area contributed by atoms with Crippen LogP contribution in [-0.2, 0) is 29.1 Å². The number of amides is 2. The van der Waals surface area contributed by atoms with Crippen molar-refractivity contribution in [2.24, 2.45) is 0 Å². The van der Waals surface area contributed by atoms with E-state index in [0.717, 1.165) is 22.3 Å². The predicted molar refractivity (Wildman–Crippen MR) is 128 cm³/mol. The lowest BCUT2D eigenvalue weighted by molar-refractivity contribution is -0.145. The fraction of sp³-hybridized carbons (Fsp3) is 0.259. The molecule has 172 valence electrons. The Morgan fingerprint density at radius 1 is 0.879 bits per heavy atom. The molecule has 0 heterocycles. The minimum absolute atomic E-state index is 0.238. The van der Waals surface area contributed by atoms with Crippen LogP contribution in [0.2, 0.25) is 0 Å². The SMILES string of the molecule is CCOC(=O)C(Cc1cccc(OCc2ccccc2)c1)NC(=O)NCc1ccc(C)cc1. The molecule has 1 atom stereocenters. The number of carbonyl (C=O) groups excluding carboxylic acids is 2. The molecule has 0 spiro atoms. The smallest absolute Gasteiger partial charge is 0.329 e. The van der Waals surface area contributed by atoms with Crippen molar-refractivity contribution in [2.75, 3.05) is 6.61 Å². The van der Waals surface area contributed by atoms with E-state index in [1.165, 1.54) is 0 Å². The van der Waals surface area contributed by atoms with Gasteiger partial charge in [-0.05, 0) is 42.7 Å². The van der Waals surface area contributed by atoms with E-state index in [0.29, 0.717) is 25.3 Å². The molecule has 3 aromatic rings. The van der Waals surface area contributed by atoms with E-state index in [2.05, 4.69) is 10.6 Å². The van der Waals surface area contributed by atoms with Crippen LogP contribution in [0.25, 0.3) is 0 Å². The second-order valence-electron chi connectivity index (χ2n) is 7.74. The average Bonchev–Trinajstić information content (AvgIpc) is 2.83. The summed E-state index contributed by atoms with van der Waals surface area (Å²) in [5.74, 6) is 0.223. The molecule has 3 aromatic carbocycles. The van der Waals surface area contributed by atoms with Gasteiger partial charge in [0.1, 0.15) is 18.4 Å². The van der Waals surface area contributed by atoms with Crippen LogP contribution in [0.1, 0.15) is 29.2 Å². The Labute approximate surface area is 194 Å². The van der Waals surface area contributed by atoms with Gasteiger partial charge in [0.15, 0.2) is 0 Å². The van der Waals surface area contributed by atoms with Gasteiger partial charge in [-0.3, -0.25) is 0 Å². The topological polar surface area (TPSA) is 76.7 Å². The van der Waals surface area contributed by atoms with Gasteiger partial charge in [-0.1, -0.05) is 72.3 Å². The van der Waals surface area contributed by atoms with Gasteiger partial charge in [-0.2, -0.15) is 0 Å². The fourth-order valence-corrected chi connectivity index (χ4v) is 3.27. The van der Waals surface area contributed by atoms with E-state index >= 15 is 0 Å². The standard InChI is InChI=1S/C27H30N2O4/c1-3-32-26(30)25(29-27(31)28-18-21-14-12-20(2)13-15-21)17-23-10-7-11-24(16-23)33-19-22-8-5-4-6-9-22/h4-16,25H,3,17-19H2,1-2H3,(H2,28,29,31). The maximum Gasteiger partial charge on any atom is 0.329 e. The Morgan fingerprint density at radius 2 is 1.61 bits per heavy atom. The third-order valence-corrected chi connectivity index (χ3v) is 5.04. The Bertz CT molecular complexity index is 1040. The summed E-state index contributed by atoms with van der Waals surface area (Å²) in [6, 6.07) is 24.1. The summed E-state index contributed by atoms with van der Waals surface area (Å²) in [6.07, 6.45) is 0.291. The first-order valence-electron chi connectivity index (χ1n) is 11.1. The second kappa shape index (κ2) is 12.3. The van der Waals surface area contributed by atoms with Gasteiger partial charge in [0.2, 0.25) is 0 Å². The number of esters is 1. The zero-order valence-electron chi connectivity index (χ0n) is 19.0. The number of hydrogen-bond donors (Lipinski definition) is 2. The fourth-order valence-electron chi connectivity index (χ4n) is 3.27. The van der Waals surface area contributed by atoms with E-state index in [1.54, 1.807) is 6.92 Å². The van der Waals surface area contributed by atoms with Crippen LogP contribution in [0.4, 0.5) is 4.79 Å². The molecular weight excluding hydrogens is 416 g/mol. The van der Waals surface area contributed by atoms with Crippen molar-refractivity contribution in [1.82, 2.24) is 10.6 Å². The van der Waals surface area contributed by atoms with E-state index in [1.807, 2.05) is 85.8 Å². The van der Waals surface area contributed by atoms with Crippen molar-refractivity contribution >= 4 is 12.0 Å². The molecule has 0 fully saturated rings. The quantitative estimate of drug-likeness (QED) is 0.448. The highest BCUT2D eigenvalue weighted by atomic mass is 16.5. The number of urea groups is 1. The van der Waals surface area contributed by atoms with Crippen LogP contribution < -0.4 is 15.4 Å². The van der Waals surface area contributed by atoms with E-state index < -0.39 is 18.0 Å². The summed E-state index contributed by atoms with van der Waals surface area (Å²) in [7, 11) is 0. The summed E-state index contributed by atoms with van der Waals surface area (Å²) in [6.45, 7) is 4.80. The van der Waals surface area contributed by atoms with Crippen LogP contribution >= 0.6 is 0 Å². The van der Waals surface area contributed by atoms with Gasteiger partial charge in [0, 0.05) is 13.0 Å². The van der Waals surface area contributed by atoms with Gasteiger partial charge < -0.3 is 20.1 Å². The Balaban J connectivity index is 1.60. The maximum atomic E-state index is 12.5. The van der Waals surface area contributed by atoms with Crippen molar-refractivity contribution in [1.29, 1.82) is 0 Å². The summed E-state index contributed by atoms with van der Waals surface area (Å²) < 4.78 is 11.1. The Morgan fingerprint density at radius 3 is 2.33 bits per heavy atom. The number of carbonyl (C=O) groups is 2. The monoisotopic (exact) mass is 446 g/mol. The highest BCUT2D eigenvalue weighted by Crippen LogP contribution is 2.17. The van der Waals surface area contributed by atoms with Crippen LogP contribution in [0.15, 0.2) is 78.9 Å². The molecule has 0 aromatic heterocycles. The molecule has 6 heteroatoms. The maximum absolute atomic E-state index is 12.5. The zero-order chi connectivity index (χ0) is 23.5. The third-order valence-electron chi connectivity index (χ3n) is 5.04. The van der Waals surface area contributed by atoms with Gasteiger partial charge in [0.25, 0.3) is 0 Å². The molecule has 0 aliphatic heterocycles. The number of ether oxygens (including phenoxy) is 2. The zero-order valence-corrected chi connectivity index (χ0v) is 19.0. The number of hydrogen-bond acceptors (Lipinski definition) is 4. The summed E-state index contributed by atoms with van der Waals surface area (Å²) >= 11 is 0. The van der Waals surface area contributed by atoms with Crippen LogP contribution in [0.3, 0.4) is 0 Å². The normalized spacial score (nSPS) is 11.3. The number of rotatable bonds is 10. The molecule has 0 radical (unpaired) electrons. The van der Waals surface area contributed by atoms with Crippen LogP contribution in [0, 0.1) is 6.92 Å². The first-order chi connectivity index (χ1) is 16.0. The highest BCUT2D eigenvalue weighted by molar-refractivity contribution is 5.83. The van der Waals surface area contributed by atoms with Crippen molar-refractivity contribution in [2.45, 2.75) is 39.5 Å². The molecule has 3 rings (SSSR count). The van der Waals surface area contributed by atoms with E-state index in [4.69, 9.17) is 9.47 Å². The van der Waals surface area contributed by atoms with Crippen molar-refractivity contribution in [3.8, 4) is 5.75 Å². The number of aryl methyl sites for hydroxylation is 1. The molecular formula is C27H30N2O4. The van der Waals surface area contributed by atoms with Crippen molar-refractivity contribution < 1.29 is 19.1 Å². The Kier molecular flexibility index (Phi) is 8.88. The van der Waals surface area contributed by atoms with Gasteiger partial charge in [-0.15, -0.1) is 0 Å². The molecule has 6 nitrogen and oxygen atoms in total. The van der Waals surface area contributed by atoms with E-state index in [9.17, 15) is 9.59 Å². The summed E-state index contributed by atoms with van der Waals surface area (Å²) in [5, 5.41) is 5.54. The Hall–Kier alpha value is -3.80. The molecule has 1 unspecified atom stereocenters. The minimum atomic E-state index is -0.813. The minimum Gasteiger partial charge on any atom is -0.489 e. The second-order valence-corrected chi connectivity index (χ2v) is 7.74.